The molecule has 0 fully saturated rings. The average Bonchev–Trinajstić information content (AvgIpc) is 2.12. The van der Waals surface area contributed by atoms with Crippen LogP contribution in [0.3, 0.4) is 0 Å². The Bertz CT molecular complexity index is 256. The molecule has 64 valence electrons. The SMILES string of the molecule is NC1CCC(Cl)c2ccccc21. The Morgan fingerprint density at radius 2 is 1.83 bits per heavy atom. The Labute approximate surface area is 77.5 Å². The van der Waals surface area contributed by atoms with E-state index in [1.165, 1.54) is 11.1 Å². The predicted molar refractivity (Wildman–Crippen MR) is 51.2 cm³/mol. The Balaban J connectivity index is 2.47. The summed E-state index contributed by atoms with van der Waals surface area (Å²) < 4.78 is 0. The van der Waals surface area contributed by atoms with Crippen molar-refractivity contribution < 1.29 is 0 Å². The molecule has 0 heterocycles. The maximum absolute atomic E-state index is 6.16. The lowest BCUT2D eigenvalue weighted by Gasteiger charge is -2.25. The van der Waals surface area contributed by atoms with Crippen molar-refractivity contribution in [3.05, 3.63) is 35.4 Å². The van der Waals surface area contributed by atoms with Crippen molar-refractivity contribution in [3.8, 4) is 0 Å². The number of benzene rings is 1. The molecule has 0 saturated heterocycles. The van der Waals surface area contributed by atoms with Crippen molar-refractivity contribution in [2.45, 2.75) is 24.3 Å². The fourth-order valence-electron chi connectivity index (χ4n) is 1.77. The van der Waals surface area contributed by atoms with Crippen LogP contribution in [-0.2, 0) is 0 Å². The zero-order chi connectivity index (χ0) is 8.55. The van der Waals surface area contributed by atoms with E-state index in [1.807, 2.05) is 12.1 Å². The second-order valence-electron chi connectivity index (χ2n) is 3.28. The molecule has 0 bridgehead atoms. The fourth-order valence-corrected chi connectivity index (χ4v) is 2.10. The average molecular weight is 182 g/mol. The van der Waals surface area contributed by atoms with Crippen LogP contribution >= 0.6 is 11.6 Å². The summed E-state index contributed by atoms with van der Waals surface area (Å²) in [5, 5.41) is 0.168. The lowest BCUT2D eigenvalue weighted by atomic mass is 9.88. The topological polar surface area (TPSA) is 26.0 Å². The van der Waals surface area contributed by atoms with Crippen LogP contribution in [-0.4, -0.2) is 0 Å². The normalized spacial score (nSPS) is 28.2. The van der Waals surface area contributed by atoms with E-state index in [0.717, 1.165) is 12.8 Å². The van der Waals surface area contributed by atoms with Crippen LogP contribution in [0.5, 0.6) is 0 Å². The van der Waals surface area contributed by atoms with E-state index in [2.05, 4.69) is 12.1 Å². The summed E-state index contributed by atoms with van der Waals surface area (Å²) >= 11 is 6.16. The van der Waals surface area contributed by atoms with E-state index in [-0.39, 0.29) is 11.4 Å². The Hall–Kier alpha value is -0.530. The van der Waals surface area contributed by atoms with Crippen molar-refractivity contribution in [2.24, 2.45) is 5.73 Å². The van der Waals surface area contributed by atoms with Gasteiger partial charge in [-0.15, -0.1) is 11.6 Å². The van der Waals surface area contributed by atoms with Gasteiger partial charge in [0.05, 0.1) is 5.38 Å². The van der Waals surface area contributed by atoms with Crippen molar-refractivity contribution in [2.75, 3.05) is 0 Å². The number of hydrogen-bond donors (Lipinski definition) is 1. The highest BCUT2D eigenvalue weighted by Crippen LogP contribution is 2.38. The van der Waals surface area contributed by atoms with Crippen molar-refractivity contribution >= 4 is 11.6 Å². The van der Waals surface area contributed by atoms with E-state index in [0.29, 0.717) is 0 Å². The third kappa shape index (κ3) is 1.23. The van der Waals surface area contributed by atoms with Crippen LogP contribution in [0.1, 0.15) is 35.4 Å². The molecule has 0 amide bonds. The van der Waals surface area contributed by atoms with Crippen LogP contribution in [0.15, 0.2) is 24.3 Å². The minimum atomic E-state index is 0.168. The molecule has 2 rings (SSSR count). The molecule has 1 aromatic carbocycles. The van der Waals surface area contributed by atoms with E-state index < -0.39 is 0 Å². The molecule has 1 aromatic rings. The Kier molecular flexibility index (Phi) is 2.07. The third-order valence-electron chi connectivity index (χ3n) is 2.46. The number of alkyl halides is 1. The molecule has 0 aliphatic heterocycles. The quantitative estimate of drug-likeness (QED) is 0.612. The number of rotatable bonds is 0. The van der Waals surface area contributed by atoms with E-state index in [4.69, 9.17) is 17.3 Å². The minimum absolute atomic E-state index is 0.168. The maximum atomic E-state index is 6.16. The molecule has 2 atom stereocenters. The molecule has 0 spiro atoms. The van der Waals surface area contributed by atoms with E-state index >= 15 is 0 Å². The molecule has 1 aliphatic rings. The zero-order valence-electron chi connectivity index (χ0n) is 6.83. The van der Waals surface area contributed by atoms with Gasteiger partial charge < -0.3 is 5.73 Å². The van der Waals surface area contributed by atoms with Gasteiger partial charge in [-0.1, -0.05) is 24.3 Å². The summed E-state index contributed by atoms with van der Waals surface area (Å²) in [4.78, 5) is 0. The monoisotopic (exact) mass is 181 g/mol. The number of halogens is 1. The number of fused-ring (bicyclic) bond motifs is 1. The minimum Gasteiger partial charge on any atom is -0.324 e. The largest absolute Gasteiger partial charge is 0.324 e. The highest BCUT2D eigenvalue weighted by Gasteiger charge is 2.22. The van der Waals surface area contributed by atoms with Gasteiger partial charge in [0.2, 0.25) is 0 Å². The van der Waals surface area contributed by atoms with Gasteiger partial charge in [0.25, 0.3) is 0 Å². The number of hydrogen-bond acceptors (Lipinski definition) is 1. The molecule has 1 aliphatic carbocycles. The molecular weight excluding hydrogens is 170 g/mol. The van der Waals surface area contributed by atoms with Crippen molar-refractivity contribution in [3.63, 3.8) is 0 Å². The molecule has 2 heteroatoms. The summed E-state index contributed by atoms with van der Waals surface area (Å²) in [6.07, 6.45) is 2.00. The third-order valence-corrected chi connectivity index (χ3v) is 2.92. The lowest BCUT2D eigenvalue weighted by Crippen LogP contribution is -2.18. The first kappa shape index (κ1) is 8.09. The van der Waals surface area contributed by atoms with Gasteiger partial charge >= 0.3 is 0 Å². The highest BCUT2D eigenvalue weighted by atomic mass is 35.5. The Morgan fingerprint density at radius 3 is 2.50 bits per heavy atom. The van der Waals surface area contributed by atoms with Crippen molar-refractivity contribution in [1.29, 1.82) is 0 Å². The van der Waals surface area contributed by atoms with E-state index in [9.17, 15) is 0 Å². The van der Waals surface area contributed by atoms with Crippen LogP contribution < -0.4 is 5.73 Å². The molecule has 0 radical (unpaired) electrons. The predicted octanol–water partition coefficient (Wildman–Crippen LogP) is 2.76. The molecule has 1 nitrogen and oxygen atoms in total. The molecule has 12 heavy (non-hydrogen) atoms. The smallest absolute Gasteiger partial charge is 0.0589 e. The number of nitrogens with two attached hydrogens (primary N) is 1. The molecule has 0 saturated carbocycles. The second-order valence-corrected chi connectivity index (χ2v) is 3.81. The first-order chi connectivity index (χ1) is 5.79. The molecule has 2 unspecified atom stereocenters. The second kappa shape index (κ2) is 3.08. The summed E-state index contributed by atoms with van der Waals surface area (Å²) in [6.45, 7) is 0. The fraction of sp³-hybridized carbons (Fsp3) is 0.400. The van der Waals surface area contributed by atoms with Gasteiger partial charge in [0.1, 0.15) is 0 Å². The van der Waals surface area contributed by atoms with Crippen molar-refractivity contribution in [1.82, 2.24) is 0 Å². The zero-order valence-corrected chi connectivity index (χ0v) is 7.59. The summed E-state index contributed by atoms with van der Waals surface area (Å²) in [7, 11) is 0. The lowest BCUT2D eigenvalue weighted by molar-refractivity contribution is 0.560. The molecular formula is C10H12ClN. The molecule has 0 aromatic heterocycles. The maximum Gasteiger partial charge on any atom is 0.0589 e. The van der Waals surface area contributed by atoms with Gasteiger partial charge in [-0.2, -0.15) is 0 Å². The standard InChI is InChI=1S/C10H12ClN/c11-9-5-6-10(12)8-4-2-1-3-7(8)9/h1-4,9-10H,5-6,12H2. The highest BCUT2D eigenvalue weighted by molar-refractivity contribution is 6.21. The summed E-state index contributed by atoms with van der Waals surface area (Å²) in [5.41, 5.74) is 8.40. The van der Waals surface area contributed by atoms with Crippen LogP contribution in [0.2, 0.25) is 0 Å². The molecule has 2 N–H and O–H groups in total. The van der Waals surface area contributed by atoms with Crippen LogP contribution in [0, 0.1) is 0 Å². The van der Waals surface area contributed by atoms with Gasteiger partial charge in [0.15, 0.2) is 0 Å². The van der Waals surface area contributed by atoms with Gasteiger partial charge in [-0.05, 0) is 24.0 Å². The van der Waals surface area contributed by atoms with E-state index in [1.54, 1.807) is 0 Å². The summed E-state index contributed by atoms with van der Waals surface area (Å²) in [5.74, 6) is 0. The first-order valence-corrected chi connectivity index (χ1v) is 4.71. The van der Waals surface area contributed by atoms with Crippen LogP contribution in [0.25, 0.3) is 0 Å². The van der Waals surface area contributed by atoms with Gasteiger partial charge in [0, 0.05) is 6.04 Å². The van der Waals surface area contributed by atoms with Gasteiger partial charge in [-0.3, -0.25) is 0 Å². The van der Waals surface area contributed by atoms with Crippen LogP contribution in [0.4, 0.5) is 0 Å². The van der Waals surface area contributed by atoms with Gasteiger partial charge in [-0.25, -0.2) is 0 Å². The Morgan fingerprint density at radius 1 is 1.17 bits per heavy atom. The first-order valence-electron chi connectivity index (χ1n) is 4.27. The summed E-state index contributed by atoms with van der Waals surface area (Å²) in [6, 6.07) is 8.39.